The second kappa shape index (κ2) is 8.03. The Balaban J connectivity index is 1.54. The maximum absolute atomic E-state index is 12.0. The van der Waals surface area contributed by atoms with E-state index in [-0.39, 0.29) is 12.0 Å². The van der Waals surface area contributed by atoms with Gasteiger partial charge in [0.15, 0.2) is 0 Å². The average molecular weight is 345 g/mol. The lowest BCUT2D eigenvalue weighted by Gasteiger charge is -2.02. The molecule has 2 heterocycles. The molecule has 126 valence electrons. The smallest absolute Gasteiger partial charge is 0.250 e. The summed E-state index contributed by atoms with van der Waals surface area (Å²) in [5.74, 6) is 0.577. The van der Waals surface area contributed by atoms with Crippen molar-refractivity contribution in [2.24, 2.45) is 0 Å². The first kappa shape index (κ1) is 16.6. The van der Waals surface area contributed by atoms with Gasteiger partial charge in [-0.2, -0.15) is 0 Å². The van der Waals surface area contributed by atoms with Crippen LogP contribution in [0, 0.1) is 0 Å². The van der Waals surface area contributed by atoms with E-state index in [2.05, 4.69) is 15.5 Å². The Morgan fingerprint density at radius 2 is 2.25 bits per heavy atom. The molecular weight excluding hydrogens is 326 g/mol. The van der Waals surface area contributed by atoms with Crippen LogP contribution in [0.2, 0.25) is 0 Å². The molecule has 0 saturated carbocycles. The van der Waals surface area contributed by atoms with Crippen molar-refractivity contribution in [3.05, 3.63) is 40.9 Å². The van der Waals surface area contributed by atoms with Crippen LogP contribution in [0.5, 0.6) is 5.75 Å². The molecule has 2 aromatic rings. The molecule has 1 saturated heterocycles. The zero-order valence-corrected chi connectivity index (χ0v) is 14.2. The molecule has 1 aliphatic heterocycles. The number of ether oxygens (including phenoxy) is 2. The van der Waals surface area contributed by atoms with Crippen molar-refractivity contribution in [1.82, 2.24) is 10.2 Å². The maximum Gasteiger partial charge on any atom is 0.250 e. The third-order valence-electron chi connectivity index (χ3n) is 3.49. The standard InChI is InChI=1S/C17H19N3O3S/c1-2-22-13-8-5-12(6-9-13)7-10-15(21)18-17-20-19-16(24-17)14-4-3-11-23-14/h5-10,14H,2-4,11H2,1H3,(H,18,20,21)/b10-7+. The minimum Gasteiger partial charge on any atom is -0.494 e. The van der Waals surface area contributed by atoms with E-state index < -0.39 is 0 Å². The predicted molar refractivity (Wildman–Crippen MR) is 93.1 cm³/mol. The lowest BCUT2D eigenvalue weighted by molar-refractivity contribution is -0.111. The number of nitrogens with zero attached hydrogens (tertiary/aromatic N) is 2. The molecule has 7 heteroatoms. The first-order valence-corrected chi connectivity index (χ1v) is 8.73. The van der Waals surface area contributed by atoms with Gasteiger partial charge >= 0.3 is 0 Å². The first-order valence-electron chi connectivity index (χ1n) is 7.91. The monoisotopic (exact) mass is 345 g/mol. The van der Waals surface area contributed by atoms with Gasteiger partial charge in [-0.25, -0.2) is 0 Å². The van der Waals surface area contributed by atoms with Crippen molar-refractivity contribution in [3.8, 4) is 5.75 Å². The van der Waals surface area contributed by atoms with Gasteiger partial charge in [0.1, 0.15) is 16.9 Å². The Labute approximate surface area is 144 Å². The summed E-state index contributed by atoms with van der Waals surface area (Å²) in [7, 11) is 0. The fourth-order valence-electron chi connectivity index (χ4n) is 2.35. The maximum atomic E-state index is 12.0. The summed E-state index contributed by atoms with van der Waals surface area (Å²) in [6.45, 7) is 3.33. The minimum absolute atomic E-state index is 0.0209. The van der Waals surface area contributed by atoms with Crippen molar-refractivity contribution >= 4 is 28.5 Å². The summed E-state index contributed by atoms with van der Waals surface area (Å²) < 4.78 is 10.9. The Bertz CT molecular complexity index is 706. The Morgan fingerprint density at radius 3 is 2.96 bits per heavy atom. The molecule has 1 aromatic carbocycles. The largest absolute Gasteiger partial charge is 0.494 e. The number of hydrogen-bond acceptors (Lipinski definition) is 6. The van der Waals surface area contributed by atoms with Crippen LogP contribution in [0.25, 0.3) is 6.08 Å². The van der Waals surface area contributed by atoms with Gasteiger partial charge in [-0.05, 0) is 43.5 Å². The molecule has 1 fully saturated rings. The summed E-state index contributed by atoms with van der Waals surface area (Å²) in [5, 5.41) is 12.1. The molecule has 6 nitrogen and oxygen atoms in total. The molecule has 1 atom stereocenters. The van der Waals surface area contributed by atoms with Gasteiger partial charge in [0, 0.05) is 12.7 Å². The molecule has 1 aliphatic rings. The van der Waals surface area contributed by atoms with Crippen LogP contribution >= 0.6 is 11.3 Å². The normalized spacial score (nSPS) is 17.3. The quantitative estimate of drug-likeness (QED) is 0.812. The zero-order valence-electron chi connectivity index (χ0n) is 13.4. The number of rotatable bonds is 6. The van der Waals surface area contributed by atoms with E-state index in [4.69, 9.17) is 9.47 Å². The molecule has 1 aromatic heterocycles. The molecule has 1 unspecified atom stereocenters. The van der Waals surface area contributed by atoms with Crippen LogP contribution in [-0.2, 0) is 9.53 Å². The second-order valence-electron chi connectivity index (χ2n) is 5.27. The van der Waals surface area contributed by atoms with Crippen molar-refractivity contribution in [2.75, 3.05) is 18.5 Å². The van der Waals surface area contributed by atoms with Crippen molar-refractivity contribution in [1.29, 1.82) is 0 Å². The number of amides is 1. The topological polar surface area (TPSA) is 73.3 Å². The molecule has 3 rings (SSSR count). The molecule has 1 amide bonds. The van der Waals surface area contributed by atoms with Gasteiger partial charge in [0.25, 0.3) is 0 Å². The molecule has 24 heavy (non-hydrogen) atoms. The number of nitrogens with one attached hydrogen (secondary N) is 1. The van der Waals surface area contributed by atoms with Gasteiger partial charge in [-0.15, -0.1) is 10.2 Å². The number of carbonyl (C=O) groups is 1. The predicted octanol–water partition coefficient (Wildman–Crippen LogP) is 3.44. The highest BCUT2D eigenvalue weighted by molar-refractivity contribution is 7.15. The van der Waals surface area contributed by atoms with Gasteiger partial charge in [0.2, 0.25) is 11.0 Å². The fourth-order valence-corrected chi connectivity index (χ4v) is 3.18. The van der Waals surface area contributed by atoms with E-state index in [9.17, 15) is 4.79 Å². The van der Waals surface area contributed by atoms with Crippen molar-refractivity contribution < 1.29 is 14.3 Å². The van der Waals surface area contributed by atoms with Crippen LogP contribution in [0.15, 0.2) is 30.3 Å². The highest BCUT2D eigenvalue weighted by atomic mass is 32.1. The number of hydrogen-bond donors (Lipinski definition) is 1. The number of aromatic nitrogens is 2. The lowest BCUT2D eigenvalue weighted by atomic mass is 10.2. The fraction of sp³-hybridized carbons (Fsp3) is 0.353. The van der Waals surface area contributed by atoms with E-state index >= 15 is 0 Å². The summed E-state index contributed by atoms with van der Waals surface area (Å²) in [6.07, 6.45) is 5.24. The van der Waals surface area contributed by atoms with Gasteiger partial charge in [-0.3, -0.25) is 10.1 Å². The second-order valence-corrected chi connectivity index (χ2v) is 6.28. The molecule has 0 radical (unpaired) electrons. The first-order chi connectivity index (χ1) is 11.7. The summed E-state index contributed by atoms with van der Waals surface area (Å²) in [5.41, 5.74) is 0.922. The van der Waals surface area contributed by atoms with Crippen molar-refractivity contribution in [2.45, 2.75) is 25.9 Å². The Morgan fingerprint density at radius 1 is 1.42 bits per heavy atom. The molecule has 1 N–H and O–H groups in total. The molecule has 0 aliphatic carbocycles. The van der Waals surface area contributed by atoms with Crippen LogP contribution in [0.4, 0.5) is 5.13 Å². The highest BCUT2D eigenvalue weighted by Crippen LogP contribution is 2.31. The molecule has 0 bridgehead atoms. The summed E-state index contributed by atoms with van der Waals surface area (Å²) in [6, 6.07) is 7.55. The third kappa shape index (κ3) is 4.39. The summed E-state index contributed by atoms with van der Waals surface area (Å²) in [4.78, 5) is 12.0. The van der Waals surface area contributed by atoms with Crippen LogP contribution < -0.4 is 10.1 Å². The van der Waals surface area contributed by atoms with E-state index in [0.29, 0.717) is 11.7 Å². The third-order valence-corrected chi connectivity index (χ3v) is 4.42. The SMILES string of the molecule is CCOc1ccc(/C=C/C(=O)Nc2nnc(C3CCCO3)s2)cc1. The van der Waals surface area contributed by atoms with E-state index in [1.807, 2.05) is 31.2 Å². The zero-order chi connectivity index (χ0) is 16.8. The highest BCUT2D eigenvalue weighted by Gasteiger charge is 2.22. The number of carbonyl (C=O) groups excluding carboxylic acids is 1. The molecular formula is C17H19N3O3S. The van der Waals surface area contributed by atoms with E-state index in [0.717, 1.165) is 35.8 Å². The Kier molecular flexibility index (Phi) is 5.55. The van der Waals surface area contributed by atoms with E-state index in [1.165, 1.54) is 17.4 Å². The van der Waals surface area contributed by atoms with Gasteiger partial charge in [0.05, 0.1) is 6.61 Å². The Hall–Kier alpha value is -2.25. The number of anilines is 1. The lowest BCUT2D eigenvalue weighted by Crippen LogP contribution is -2.07. The van der Waals surface area contributed by atoms with Gasteiger partial charge in [-0.1, -0.05) is 23.5 Å². The minimum atomic E-state index is -0.237. The number of benzene rings is 1. The van der Waals surface area contributed by atoms with Crippen LogP contribution in [0.1, 0.15) is 36.4 Å². The van der Waals surface area contributed by atoms with Crippen molar-refractivity contribution in [3.63, 3.8) is 0 Å². The van der Waals surface area contributed by atoms with Gasteiger partial charge < -0.3 is 9.47 Å². The van der Waals surface area contributed by atoms with E-state index in [1.54, 1.807) is 6.08 Å². The summed E-state index contributed by atoms with van der Waals surface area (Å²) >= 11 is 1.36. The van der Waals surface area contributed by atoms with Crippen LogP contribution in [-0.4, -0.2) is 29.3 Å². The average Bonchev–Trinajstić information content (AvgIpc) is 3.26. The molecule has 0 spiro atoms. The van der Waals surface area contributed by atoms with Crippen LogP contribution in [0.3, 0.4) is 0 Å².